The predicted molar refractivity (Wildman–Crippen MR) is 71.4 cm³/mol. The van der Waals surface area contributed by atoms with Crippen molar-refractivity contribution in [2.24, 2.45) is 0 Å². The van der Waals surface area contributed by atoms with Crippen molar-refractivity contribution in [3.8, 4) is 0 Å². The third kappa shape index (κ3) is 3.36. The first-order valence-electron chi connectivity index (χ1n) is 6.23. The van der Waals surface area contributed by atoms with E-state index in [0.717, 1.165) is 43.3 Å². The summed E-state index contributed by atoms with van der Waals surface area (Å²) in [4.78, 5) is 2.11. The van der Waals surface area contributed by atoms with E-state index in [1.54, 1.807) is 0 Å². The molecule has 17 heavy (non-hydrogen) atoms. The number of nitrogens with two attached hydrogens (primary N) is 1. The lowest BCUT2D eigenvalue weighted by Crippen LogP contribution is -2.26. The predicted octanol–water partition coefficient (Wildman–Crippen LogP) is 1.66. The Labute approximate surface area is 104 Å². The minimum absolute atomic E-state index is 0.711. The zero-order valence-electron chi connectivity index (χ0n) is 11.4. The lowest BCUT2D eigenvalue weighted by Gasteiger charge is -2.20. The molecule has 0 aliphatic carbocycles. The molecule has 1 aromatic heterocycles. The van der Waals surface area contributed by atoms with Crippen LogP contribution in [-0.2, 0) is 11.3 Å². The molecule has 98 valence electrons. The van der Waals surface area contributed by atoms with Gasteiger partial charge in [-0.1, -0.05) is 6.92 Å². The van der Waals surface area contributed by atoms with E-state index in [4.69, 9.17) is 10.5 Å². The van der Waals surface area contributed by atoms with E-state index in [1.807, 2.05) is 25.6 Å². The van der Waals surface area contributed by atoms with Crippen LogP contribution in [-0.4, -0.2) is 36.6 Å². The summed E-state index contributed by atoms with van der Waals surface area (Å²) in [5.41, 5.74) is 7.75. The smallest absolute Gasteiger partial charge is 0.150 e. The Balaban J connectivity index is 2.79. The number of aromatic nitrogens is 2. The van der Waals surface area contributed by atoms with Gasteiger partial charge in [-0.25, -0.2) is 4.68 Å². The van der Waals surface area contributed by atoms with Crippen molar-refractivity contribution < 1.29 is 4.74 Å². The van der Waals surface area contributed by atoms with Gasteiger partial charge in [0.2, 0.25) is 0 Å². The zero-order chi connectivity index (χ0) is 12.8. The van der Waals surface area contributed by atoms with Crippen LogP contribution < -0.4 is 10.6 Å². The van der Waals surface area contributed by atoms with Gasteiger partial charge in [0.05, 0.1) is 18.0 Å². The number of rotatable bonds is 7. The highest BCUT2D eigenvalue weighted by molar-refractivity contribution is 5.65. The molecule has 0 saturated carbocycles. The molecular weight excluding hydrogens is 216 g/mol. The average Bonchev–Trinajstić information content (AvgIpc) is 2.55. The fourth-order valence-electron chi connectivity index (χ4n) is 1.81. The fourth-order valence-corrected chi connectivity index (χ4v) is 1.81. The first-order chi connectivity index (χ1) is 8.11. The zero-order valence-corrected chi connectivity index (χ0v) is 11.4. The molecule has 0 aromatic carbocycles. The van der Waals surface area contributed by atoms with Gasteiger partial charge in [0, 0.05) is 26.7 Å². The summed E-state index contributed by atoms with van der Waals surface area (Å²) >= 11 is 0. The molecule has 1 aromatic rings. The standard InChI is InChI=1S/C12H24N4O/c1-5-7-16-12(11(13)10(3)14-16)15(4)8-9-17-6-2/h5-9,13H2,1-4H3. The maximum absolute atomic E-state index is 6.07. The van der Waals surface area contributed by atoms with Gasteiger partial charge in [-0.05, 0) is 20.3 Å². The minimum Gasteiger partial charge on any atom is -0.394 e. The molecule has 0 aliphatic rings. The number of nitrogen functional groups attached to an aromatic ring is 1. The van der Waals surface area contributed by atoms with Crippen LogP contribution in [0.3, 0.4) is 0 Å². The van der Waals surface area contributed by atoms with Gasteiger partial charge in [0.15, 0.2) is 0 Å². The Hall–Kier alpha value is -1.23. The third-order valence-corrected chi connectivity index (χ3v) is 2.72. The second kappa shape index (κ2) is 6.49. The highest BCUT2D eigenvalue weighted by Gasteiger charge is 2.15. The molecule has 0 fully saturated rings. The van der Waals surface area contributed by atoms with Gasteiger partial charge in [-0.3, -0.25) is 0 Å². The van der Waals surface area contributed by atoms with E-state index < -0.39 is 0 Å². The third-order valence-electron chi connectivity index (χ3n) is 2.72. The maximum atomic E-state index is 6.07. The second-order valence-electron chi connectivity index (χ2n) is 4.16. The number of anilines is 2. The van der Waals surface area contributed by atoms with E-state index in [2.05, 4.69) is 16.9 Å². The van der Waals surface area contributed by atoms with Gasteiger partial charge in [0.1, 0.15) is 5.82 Å². The van der Waals surface area contributed by atoms with E-state index >= 15 is 0 Å². The normalized spacial score (nSPS) is 10.8. The highest BCUT2D eigenvalue weighted by atomic mass is 16.5. The molecule has 0 spiro atoms. The van der Waals surface area contributed by atoms with Crippen molar-refractivity contribution >= 4 is 11.5 Å². The van der Waals surface area contributed by atoms with Crippen LogP contribution in [0.4, 0.5) is 11.5 Å². The van der Waals surface area contributed by atoms with E-state index in [1.165, 1.54) is 0 Å². The highest BCUT2D eigenvalue weighted by Crippen LogP contribution is 2.25. The van der Waals surface area contributed by atoms with E-state index in [0.29, 0.717) is 6.61 Å². The quantitative estimate of drug-likeness (QED) is 0.736. The van der Waals surface area contributed by atoms with Crippen molar-refractivity contribution in [3.63, 3.8) is 0 Å². The molecule has 0 amide bonds. The molecule has 0 bridgehead atoms. The Morgan fingerprint density at radius 1 is 1.41 bits per heavy atom. The second-order valence-corrected chi connectivity index (χ2v) is 4.16. The molecule has 1 heterocycles. The van der Waals surface area contributed by atoms with Crippen molar-refractivity contribution in [1.29, 1.82) is 0 Å². The molecule has 0 radical (unpaired) electrons. The fraction of sp³-hybridized carbons (Fsp3) is 0.750. The molecule has 2 N–H and O–H groups in total. The van der Waals surface area contributed by atoms with Crippen molar-refractivity contribution in [2.75, 3.05) is 37.4 Å². The Kier molecular flexibility index (Phi) is 5.28. The summed E-state index contributed by atoms with van der Waals surface area (Å²) in [7, 11) is 2.03. The summed E-state index contributed by atoms with van der Waals surface area (Å²) in [5, 5.41) is 4.46. The van der Waals surface area contributed by atoms with Gasteiger partial charge < -0.3 is 15.4 Å². The number of hydrogen-bond donors (Lipinski definition) is 1. The number of nitrogens with zero attached hydrogens (tertiary/aromatic N) is 3. The van der Waals surface area contributed by atoms with Crippen LogP contribution in [0.1, 0.15) is 26.0 Å². The van der Waals surface area contributed by atoms with Gasteiger partial charge in [-0.2, -0.15) is 5.10 Å². The topological polar surface area (TPSA) is 56.3 Å². The number of aryl methyl sites for hydroxylation is 2. The van der Waals surface area contributed by atoms with Gasteiger partial charge in [0.25, 0.3) is 0 Å². The maximum Gasteiger partial charge on any atom is 0.150 e. The number of ether oxygens (including phenoxy) is 1. The summed E-state index contributed by atoms with van der Waals surface area (Å²) in [5.74, 6) is 1.00. The first kappa shape index (κ1) is 13.8. The lowest BCUT2D eigenvalue weighted by atomic mass is 10.3. The molecule has 0 atom stereocenters. The monoisotopic (exact) mass is 240 g/mol. The Bertz CT molecular complexity index is 349. The van der Waals surface area contributed by atoms with Crippen LogP contribution in [0, 0.1) is 6.92 Å². The van der Waals surface area contributed by atoms with Gasteiger partial charge >= 0.3 is 0 Å². The molecule has 5 heteroatoms. The van der Waals surface area contributed by atoms with Crippen molar-refractivity contribution in [1.82, 2.24) is 9.78 Å². The average molecular weight is 240 g/mol. The molecule has 0 saturated heterocycles. The number of hydrogen-bond acceptors (Lipinski definition) is 4. The van der Waals surface area contributed by atoms with Crippen LogP contribution in [0.5, 0.6) is 0 Å². The van der Waals surface area contributed by atoms with Crippen LogP contribution in [0.25, 0.3) is 0 Å². The first-order valence-corrected chi connectivity index (χ1v) is 6.23. The summed E-state index contributed by atoms with van der Waals surface area (Å²) < 4.78 is 7.34. The Morgan fingerprint density at radius 3 is 2.71 bits per heavy atom. The lowest BCUT2D eigenvalue weighted by molar-refractivity contribution is 0.154. The SMILES string of the molecule is CCCn1nc(C)c(N)c1N(C)CCOCC. The van der Waals surface area contributed by atoms with E-state index in [-0.39, 0.29) is 0 Å². The Morgan fingerprint density at radius 2 is 2.12 bits per heavy atom. The summed E-state index contributed by atoms with van der Waals surface area (Å²) in [6, 6.07) is 0. The molecule has 5 nitrogen and oxygen atoms in total. The minimum atomic E-state index is 0.711. The molecule has 1 rings (SSSR count). The van der Waals surface area contributed by atoms with Crippen LogP contribution in [0.2, 0.25) is 0 Å². The molecule has 0 aliphatic heterocycles. The van der Waals surface area contributed by atoms with E-state index in [9.17, 15) is 0 Å². The molecular formula is C12H24N4O. The molecule has 0 unspecified atom stereocenters. The number of likely N-dealkylation sites (N-methyl/N-ethyl adjacent to an activating group) is 1. The van der Waals surface area contributed by atoms with Crippen molar-refractivity contribution in [3.05, 3.63) is 5.69 Å². The van der Waals surface area contributed by atoms with Crippen molar-refractivity contribution in [2.45, 2.75) is 33.7 Å². The van der Waals surface area contributed by atoms with Gasteiger partial charge in [-0.15, -0.1) is 0 Å². The van der Waals surface area contributed by atoms with Crippen LogP contribution >= 0.6 is 0 Å². The van der Waals surface area contributed by atoms with Crippen LogP contribution in [0.15, 0.2) is 0 Å². The summed E-state index contributed by atoms with van der Waals surface area (Å²) in [6.45, 7) is 9.26. The largest absolute Gasteiger partial charge is 0.394 e. The summed E-state index contributed by atoms with van der Waals surface area (Å²) in [6.07, 6.45) is 1.05.